The zero-order valence-corrected chi connectivity index (χ0v) is 13.1. The molecule has 0 fully saturated rings. The van der Waals surface area contributed by atoms with Crippen LogP contribution in [0, 0.1) is 13.8 Å². The Hall–Kier alpha value is -2.88. The van der Waals surface area contributed by atoms with Crippen molar-refractivity contribution in [2.75, 3.05) is 0 Å². The van der Waals surface area contributed by atoms with Crippen molar-refractivity contribution < 1.29 is 9.90 Å². The number of rotatable bonds is 3. The highest BCUT2D eigenvalue weighted by atomic mass is 16.3. The molecule has 0 aliphatic rings. The van der Waals surface area contributed by atoms with Crippen LogP contribution in [0.15, 0.2) is 48.5 Å². The molecule has 1 amide bonds. The van der Waals surface area contributed by atoms with E-state index in [0.717, 1.165) is 11.3 Å². The van der Waals surface area contributed by atoms with Gasteiger partial charge < -0.3 is 10.4 Å². The average Bonchev–Trinajstić information content (AvgIpc) is 2.54. The van der Waals surface area contributed by atoms with Gasteiger partial charge in [0.25, 0.3) is 5.91 Å². The van der Waals surface area contributed by atoms with Crippen LogP contribution in [0.25, 0.3) is 10.9 Å². The minimum atomic E-state index is -0.300. The summed E-state index contributed by atoms with van der Waals surface area (Å²) in [6, 6.07) is 14.9. The smallest absolute Gasteiger partial charge is 0.255 e. The van der Waals surface area contributed by atoms with Crippen LogP contribution in [0.2, 0.25) is 0 Å². The fourth-order valence-corrected chi connectivity index (χ4v) is 2.46. The van der Waals surface area contributed by atoms with Gasteiger partial charge in [0.15, 0.2) is 0 Å². The highest BCUT2D eigenvalue weighted by Gasteiger charge is 2.14. The van der Waals surface area contributed by atoms with Crippen molar-refractivity contribution in [2.45, 2.75) is 20.4 Å². The number of benzene rings is 2. The minimum Gasteiger partial charge on any atom is -0.506 e. The number of phenolic OH excluding ortho intramolecular Hbond substituents is 1. The van der Waals surface area contributed by atoms with Crippen molar-refractivity contribution in [1.29, 1.82) is 0 Å². The van der Waals surface area contributed by atoms with Crippen LogP contribution in [-0.4, -0.2) is 16.0 Å². The zero-order chi connectivity index (χ0) is 16.4. The van der Waals surface area contributed by atoms with E-state index in [9.17, 15) is 9.90 Å². The van der Waals surface area contributed by atoms with Crippen LogP contribution in [0.5, 0.6) is 5.75 Å². The largest absolute Gasteiger partial charge is 0.506 e. The molecule has 0 saturated heterocycles. The quantitative estimate of drug-likeness (QED) is 0.778. The van der Waals surface area contributed by atoms with Crippen LogP contribution in [0.1, 0.15) is 27.2 Å². The molecule has 3 rings (SSSR count). The summed E-state index contributed by atoms with van der Waals surface area (Å²) in [5.41, 5.74) is 4.00. The fraction of sp³-hybridized carbons (Fsp3) is 0.158. The second kappa shape index (κ2) is 6.08. The molecule has 0 unspecified atom stereocenters. The lowest BCUT2D eigenvalue weighted by atomic mass is 10.1. The molecular weight excluding hydrogens is 288 g/mol. The molecule has 3 aromatic rings. The molecule has 4 nitrogen and oxygen atoms in total. The van der Waals surface area contributed by atoms with Gasteiger partial charge in [-0.15, -0.1) is 0 Å². The molecule has 2 aromatic carbocycles. The van der Waals surface area contributed by atoms with Crippen LogP contribution in [0.4, 0.5) is 0 Å². The molecular formula is C19H18N2O2. The maximum Gasteiger partial charge on any atom is 0.255 e. The van der Waals surface area contributed by atoms with Crippen molar-refractivity contribution in [3.05, 3.63) is 70.9 Å². The minimum absolute atomic E-state index is 0.0311. The molecule has 2 N–H and O–H groups in total. The van der Waals surface area contributed by atoms with E-state index in [4.69, 9.17) is 0 Å². The predicted octanol–water partition coefficient (Wildman–Crippen LogP) is 3.49. The molecule has 0 saturated carbocycles. The van der Waals surface area contributed by atoms with Crippen LogP contribution >= 0.6 is 0 Å². The lowest BCUT2D eigenvalue weighted by molar-refractivity contribution is 0.0948. The van der Waals surface area contributed by atoms with Gasteiger partial charge in [0.1, 0.15) is 5.75 Å². The topological polar surface area (TPSA) is 62.2 Å². The Labute approximate surface area is 134 Å². The summed E-state index contributed by atoms with van der Waals surface area (Å²) < 4.78 is 0. The van der Waals surface area contributed by atoms with Crippen LogP contribution in [-0.2, 0) is 6.54 Å². The van der Waals surface area contributed by atoms with Gasteiger partial charge in [-0.2, -0.15) is 0 Å². The number of phenols is 1. The van der Waals surface area contributed by atoms with Crippen molar-refractivity contribution in [1.82, 2.24) is 10.3 Å². The third-order valence-corrected chi connectivity index (χ3v) is 3.80. The van der Waals surface area contributed by atoms with Gasteiger partial charge in [-0.05, 0) is 43.7 Å². The number of amides is 1. The van der Waals surface area contributed by atoms with E-state index in [0.29, 0.717) is 17.4 Å². The van der Waals surface area contributed by atoms with E-state index in [1.54, 1.807) is 18.2 Å². The first-order chi connectivity index (χ1) is 11.0. The van der Waals surface area contributed by atoms with Gasteiger partial charge in [0.05, 0.1) is 11.1 Å². The molecule has 116 valence electrons. The third kappa shape index (κ3) is 3.16. The molecule has 4 heteroatoms. The summed E-state index contributed by atoms with van der Waals surface area (Å²) in [4.78, 5) is 16.7. The van der Waals surface area contributed by atoms with E-state index in [-0.39, 0.29) is 17.2 Å². The number of hydrogen-bond acceptors (Lipinski definition) is 3. The second-order valence-corrected chi connectivity index (χ2v) is 5.65. The van der Waals surface area contributed by atoms with Gasteiger partial charge in [0.2, 0.25) is 0 Å². The van der Waals surface area contributed by atoms with Crippen molar-refractivity contribution in [3.8, 4) is 5.75 Å². The molecule has 0 bridgehead atoms. The van der Waals surface area contributed by atoms with Crippen LogP contribution < -0.4 is 5.32 Å². The molecule has 0 atom stereocenters. The Bertz CT molecular complexity index is 870. The SMILES string of the molecule is Cc1ccc(CNC(=O)c2ccc3nc(C)ccc3c2O)cc1. The first-order valence-corrected chi connectivity index (χ1v) is 7.47. The Kier molecular flexibility index (Phi) is 3.98. The number of carbonyl (C=O) groups is 1. The van der Waals surface area contributed by atoms with E-state index in [2.05, 4.69) is 10.3 Å². The Balaban J connectivity index is 1.82. The molecule has 23 heavy (non-hydrogen) atoms. The fourth-order valence-electron chi connectivity index (χ4n) is 2.46. The number of aromatic hydroxyl groups is 1. The number of nitrogens with one attached hydrogen (secondary N) is 1. The number of pyridine rings is 1. The third-order valence-electron chi connectivity index (χ3n) is 3.80. The first-order valence-electron chi connectivity index (χ1n) is 7.47. The van der Waals surface area contributed by atoms with Gasteiger partial charge in [0, 0.05) is 17.6 Å². The maximum atomic E-state index is 12.3. The molecule has 0 spiro atoms. The average molecular weight is 306 g/mol. The predicted molar refractivity (Wildman–Crippen MR) is 90.5 cm³/mol. The number of fused-ring (bicyclic) bond motifs is 1. The standard InChI is InChI=1S/C19H18N2O2/c1-12-3-6-14(7-4-12)11-20-19(23)16-9-10-17-15(18(16)22)8-5-13(2)21-17/h3-10,22H,11H2,1-2H3,(H,20,23). The molecule has 1 heterocycles. The summed E-state index contributed by atoms with van der Waals surface area (Å²) in [5, 5.41) is 13.8. The maximum absolute atomic E-state index is 12.3. The monoisotopic (exact) mass is 306 g/mol. The number of nitrogens with zero attached hydrogens (tertiary/aromatic N) is 1. The summed E-state index contributed by atoms with van der Waals surface area (Å²) in [6.07, 6.45) is 0. The van der Waals surface area contributed by atoms with Gasteiger partial charge in [-0.3, -0.25) is 9.78 Å². The zero-order valence-electron chi connectivity index (χ0n) is 13.1. The van der Waals surface area contributed by atoms with E-state index < -0.39 is 0 Å². The van der Waals surface area contributed by atoms with Gasteiger partial charge in [-0.25, -0.2) is 0 Å². The van der Waals surface area contributed by atoms with E-state index in [1.807, 2.05) is 44.2 Å². The number of carbonyl (C=O) groups excluding carboxylic acids is 1. The number of hydrogen-bond donors (Lipinski definition) is 2. The number of aromatic nitrogens is 1. The first kappa shape index (κ1) is 15.0. The second-order valence-electron chi connectivity index (χ2n) is 5.65. The Morgan fingerprint density at radius 1 is 1.04 bits per heavy atom. The molecule has 0 radical (unpaired) electrons. The summed E-state index contributed by atoms with van der Waals surface area (Å²) in [5.74, 6) is -0.332. The van der Waals surface area contributed by atoms with Crippen molar-refractivity contribution in [2.24, 2.45) is 0 Å². The van der Waals surface area contributed by atoms with Crippen molar-refractivity contribution >= 4 is 16.8 Å². The van der Waals surface area contributed by atoms with Gasteiger partial charge >= 0.3 is 0 Å². The number of aryl methyl sites for hydroxylation is 2. The summed E-state index contributed by atoms with van der Waals surface area (Å²) >= 11 is 0. The normalized spacial score (nSPS) is 10.7. The van der Waals surface area contributed by atoms with Gasteiger partial charge in [-0.1, -0.05) is 29.8 Å². The lowest BCUT2D eigenvalue weighted by Gasteiger charge is -2.09. The van der Waals surface area contributed by atoms with Crippen LogP contribution in [0.3, 0.4) is 0 Å². The molecule has 0 aliphatic heterocycles. The molecule has 0 aliphatic carbocycles. The lowest BCUT2D eigenvalue weighted by Crippen LogP contribution is -2.22. The highest BCUT2D eigenvalue weighted by Crippen LogP contribution is 2.27. The van der Waals surface area contributed by atoms with Crippen molar-refractivity contribution in [3.63, 3.8) is 0 Å². The summed E-state index contributed by atoms with van der Waals surface area (Å²) in [7, 11) is 0. The Morgan fingerprint density at radius 2 is 1.78 bits per heavy atom. The van der Waals surface area contributed by atoms with E-state index >= 15 is 0 Å². The Morgan fingerprint density at radius 3 is 2.52 bits per heavy atom. The molecule has 1 aromatic heterocycles. The summed E-state index contributed by atoms with van der Waals surface area (Å²) in [6.45, 7) is 4.33. The highest BCUT2D eigenvalue weighted by molar-refractivity contribution is 6.02. The van der Waals surface area contributed by atoms with E-state index in [1.165, 1.54) is 5.56 Å².